The van der Waals surface area contributed by atoms with Crippen LogP contribution in [0.15, 0.2) is 121 Å². The summed E-state index contributed by atoms with van der Waals surface area (Å²) in [5.41, 5.74) is 4.54. The van der Waals surface area contributed by atoms with Crippen molar-refractivity contribution < 1.29 is 9.47 Å². The van der Waals surface area contributed by atoms with E-state index in [1.165, 1.54) is 54.5 Å². The first-order valence-corrected chi connectivity index (χ1v) is 14.1. The molecule has 206 valence electrons. The van der Waals surface area contributed by atoms with E-state index in [9.17, 15) is 0 Å². The topological polar surface area (TPSA) is 24.9 Å². The predicted octanol–water partition coefficient (Wildman–Crippen LogP) is 9.85. The second kappa shape index (κ2) is 10.3. The summed E-state index contributed by atoms with van der Waals surface area (Å²) in [7, 11) is 7.72. The van der Waals surface area contributed by atoms with Gasteiger partial charge in [0.25, 0.3) is 0 Å². The van der Waals surface area contributed by atoms with Crippen molar-refractivity contribution in [2.75, 3.05) is 38.1 Å². The minimum absolute atomic E-state index is 0.843. The van der Waals surface area contributed by atoms with Crippen LogP contribution in [0.5, 0.6) is 11.5 Å². The lowest BCUT2D eigenvalue weighted by Gasteiger charge is -2.29. The highest BCUT2D eigenvalue weighted by Gasteiger charge is 2.22. The number of ether oxygens (including phenoxy) is 2. The zero-order valence-electron chi connectivity index (χ0n) is 24.3. The molecular formula is C38H32N2O2. The molecule has 0 amide bonds. The third-order valence-corrected chi connectivity index (χ3v) is 8.38. The number of nitrogens with zero attached hydrogens (tertiary/aromatic N) is 2. The number of hydrogen-bond acceptors (Lipinski definition) is 4. The van der Waals surface area contributed by atoms with Crippen LogP contribution in [0.3, 0.4) is 0 Å². The SMILES string of the molecule is COc1ccc(N(C)c2c3cc4ccccc4cc3c(N(C)c3ccc(OC)cc3)c3cc4ccccc4cc23)cc1. The molecule has 7 aromatic rings. The van der Waals surface area contributed by atoms with Crippen molar-refractivity contribution in [1.82, 2.24) is 0 Å². The Kier molecular flexibility index (Phi) is 6.32. The molecule has 0 bridgehead atoms. The fourth-order valence-corrected chi connectivity index (χ4v) is 6.15. The maximum absolute atomic E-state index is 5.46. The van der Waals surface area contributed by atoms with Gasteiger partial charge in [-0.3, -0.25) is 0 Å². The van der Waals surface area contributed by atoms with E-state index < -0.39 is 0 Å². The van der Waals surface area contributed by atoms with E-state index in [0.29, 0.717) is 0 Å². The van der Waals surface area contributed by atoms with Gasteiger partial charge in [-0.25, -0.2) is 0 Å². The van der Waals surface area contributed by atoms with Crippen LogP contribution >= 0.6 is 0 Å². The second-order valence-corrected chi connectivity index (χ2v) is 10.7. The normalized spacial score (nSPS) is 11.3. The van der Waals surface area contributed by atoms with E-state index >= 15 is 0 Å². The van der Waals surface area contributed by atoms with Crippen molar-refractivity contribution in [1.29, 1.82) is 0 Å². The van der Waals surface area contributed by atoms with Crippen molar-refractivity contribution in [2.45, 2.75) is 0 Å². The molecule has 4 heteroatoms. The lowest BCUT2D eigenvalue weighted by atomic mass is 9.92. The fourth-order valence-electron chi connectivity index (χ4n) is 6.15. The molecule has 0 saturated heterocycles. The van der Waals surface area contributed by atoms with Crippen LogP contribution in [-0.2, 0) is 0 Å². The number of methoxy groups -OCH3 is 2. The number of fused-ring (bicyclic) bond motifs is 4. The van der Waals surface area contributed by atoms with Crippen LogP contribution in [0.2, 0.25) is 0 Å². The Morgan fingerprint density at radius 1 is 0.405 bits per heavy atom. The highest BCUT2D eigenvalue weighted by atomic mass is 16.5. The van der Waals surface area contributed by atoms with Gasteiger partial charge in [0.05, 0.1) is 25.6 Å². The Labute approximate surface area is 245 Å². The van der Waals surface area contributed by atoms with Gasteiger partial charge in [0.15, 0.2) is 0 Å². The van der Waals surface area contributed by atoms with E-state index in [0.717, 1.165) is 22.9 Å². The number of anilines is 4. The molecule has 0 N–H and O–H groups in total. The smallest absolute Gasteiger partial charge is 0.119 e. The van der Waals surface area contributed by atoms with E-state index in [-0.39, 0.29) is 0 Å². The predicted molar refractivity (Wildman–Crippen MR) is 179 cm³/mol. The van der Waals surface area contributed by atoms with Crippen LogP contribution in [-0.4, -0.2) is 28.3 Å². The van der Waals surface area contributed by atoms with Gasteiger partial charge >= 0.3 is 0 Å². The van der Waals surface area contributed by atoms with E-state index in [4.69, 9.17) is 9.47 Å². The van der Waals surface area contributed by atoms with Gasteiger partial charge in [-0.1, -0.05) is 48.5 Å². The quantitative estimate of drug-likeness (QED) is 0.153. The molecule has 0 aliphatic heterocycles. The molecule has 0 unspecified atom stereocenters. The van der Waals surface area contributed by atoms with Gasteiger partial charge in [-0.05, 0) is 94.3 Å². The molecule has 0 aliphatic rings. The number of rotatable bonds is 6. The molecule has 4 nitrogen and oxygen atoms in total. The summed E-state index contributed by atoms with van der Waals surface area (Å²) >= 11 is 0. The summed E-state index contributed by atoms with van der Waals surface area (Å²) in [6.45, 7) is 0. The largest absolute Gasteiger partial charge is 0.497 e. The average molecular weight is 549 g/mol. The standard InChI is InChI=1S/C38H32N2O2/c1-39(29-13-17-31(41-3)18-14-29)37-33-21-25-9-5-7-11-27(25)23-35(33)38(40(2)30-15-19-32(42-4)20-16-30)36-24-28-12-8-6-10-26(28)22-34(36)37/h5-24H,1-4H3. The second-order valence-electron chi connectivity index (χ2n) is 10.7. The highest BCUT2D eigenvalue weighted by molar-refractivity contribution is 6.25. The minimum atomic E-state index is 0.843. The summed E-state index contributed by atoms with van der Waals surface area (Å²) in [5, 5.41) is 9.66. The molecule has 0 fully saturated rings. The Morgan fingerprint density at radius 2 is 0.690 bits per heavy atom. The lowest BCUT2D eigenvalue weighted by Crippen LogP contribution is -2.14. The van der Waals surface area contributed by atoms with Crippen molar-refractivity contribution >= 4 is 65.8 Å². The third kappa shape index (κ3) is 4.24. The molecular weight excluding hydrogens is 516 g/mol. The lowest BCUT2D eigenvalue weighted by molar-refractivity contribution is 0.414. The first-order chi connectivity index (χ1) is 20.6. The molecule has 42 heavy (non-hydrogen) atoms. The Hall–Kier alpha value is -5.22. The maximum Gasteiger partial charge on any atom is 0.119 e. The maximum atomic E-state index is 5.46. The Bertz CT molecular complexity index is 1840. The number of benzene rings is 7. The summed E-state index contributed by atoms with van der Waals surface area (Å²) in [6.07, 6.45) is 0. The fraction of sp³-hybridized carbons (Fsp3) is 0.105. The van der Waals surface area contributed by atoms with Crippen molar-refractivity contribution in [3.8, 4) is 11.5 Å². The molecule has 7 rings (SSSR count). The summed E-state index contributed by atoms with van der Waals surface area (Å²) in [6, 6.07) is 43.2. The van der Waals surface area contributed by atoms with Gasteiger partial charge in [0.2, 0.25) is 0 Å². The molecule has 0 spiro atoms. The minimum Gasteiger partial charge on any atom is -0.497 e. The Balaban J connectivity index is 1.62. The summed E-state index contributed by atoms with van der Waals surface area (Å²) in [4.78, 5) is 4.62. The summed E-state index contributed by atoms with van der Waals surface area (Å²) < 4.78 is 10.9. The van der Waals surface area contributed by atoms with Crippen LogP contribution in [0.1, 0.15) is 0 Å². The average Bonchev–Trinajstić information content (AvgIpc) is 3.05. The molecule has 0 heterocycles. The third-order valence-electron chi connectivity index (χ3n) is 8.38. The zero-order valence-corrected chi connectivity index (χ0v) is 24.3. The monoisotopic (exact) mass is 548 g/mol. The summed E-state index contributed by atoms with van der Waals surface area (Å²) in [5.74, 6) is 1.69. The van der Waals surface area contributed by atoms with Gasteiger partial charge < -0.3 is 19.3 Å². The van der Waals surface area contributed by atoms with E-state index in [2.05, 4.69) is 121 Å². The highest BCUT2D eigenvalue weighted by Crippen LogP contribution is 2.48. The molecule has 0 saturated carbocycles. The molecule has 0 aliphatic carbocycles. The van der Waals surface area contributed by atoms with E-state index in [1.54, 1.807) is 14.2 Å². The van der Waals surface area contributed by atoms with Gasteiger partial charge in [-0.15, -0.1) is 0 Å². The van der Waals surface area contributed by atoms with Crippen molar-refractivity contribution in [2.24, 2.45) is 0 Å². The van der Waals surface area contributed by atoms with Gasteiger partial charge in [-0.2, -0.15) is 0 Å². The first-order valence-electron chi connectivity index (χ1n) is 14.1. The van der Waals surface area contributed by atoms with Crippen LogP contribution in [0.4, 0.5) is 22.7 Å². The molecule has 0 aromatic heterocycles. The van der Waals surface area contributed by atoms with Crippen LogP contribution in [0.25, 0.3) is 43.1 Å². The van der Waals surface area contributed by atoms with Crippen molar-refractivity contribution in [3.63, 3.8) is 0 Å². The zero-order chi connectivity index (χ0) is 28.8. The molecule has 0 atom stereocenters. The number of hydrogen-bond donors (Lipinski definition) is 0. The molecule has 7 aromatic carbocycles. The Morgan fingerprint density at radius 3 is 0.952 bits per heavy atom. The van der Waals surface area contributed by atoms with Crippen LogP contribution in [0, 0.1) is 0 Å². The van der Waals surface area contributed by atoms with E-state index in [1.807, 2.05) is 24.3 Å². The van der Waals surface area contributed by atoms with Crippen LogP contribution < -0.4 is 19.3 Å². The van der Waals surface area contributed by atoms with Gasteiger partial charge in [0, 0.05) is 47.0 Å². The van der Waals surface area contributed by atoms with Gasteiger partial charge in [0.1, 0.15) is 11.5 Å². The molecule has 0 radical (unpaired) electrons. The van der Waals surface area contributed by atoms with Crippen molar-refractivity contribution in [3.05, 3.63) is 121 Å². The first kappa shape index (κ1) is 25.7.